The lowest BCUT2D eigenvalue weighted by Gasteiger charge is -2.34. The number of rotatable bonds is 6. The summed E-state index contributed by atoms with van der Waals surface area (Å²) in [5, 5.41) is 0. The van der Waals surface area contributed by atoms with Gasteiger partial charge in [-0.3, -0.25) is 9.59 Å². The first-order chi connectivity index (χ1) is 7.67. The Morgan fingerprint density at radius 1 is 1.25 bits per heavy atom. The standard InChI is InChI=1S/C14H24O2/c1-3-5-7-10-14(12(15)4-2)11-8-6-9-13(14)16/h3-11H2,1-2H3. The molecule has 1 unspecified atom stereocenters. The summed E-state index contributed by atoms with van der Waals surface area (Å²) < 4.78 is 0. The molecule has 2 heteroatoms. The molecule has 0 aromatic heterocycles. The van der Waals surface area contributed by atoms with Gasteiger partial charge in [-0.2, -0.15) is 0 Å². The van der Waals surface area contributed by atoms with E-state index in [1.54, 1.807) is 0 Å². The Morgan fingerprint density at radius 2 is 2.00 bits per heavy atom. The molecular weight excluding hydrogens is 200 g/mol. The first kappa shape index (κ1) is 13.4. The van der Waals surface area contributed by atoms with Crippen LogP contribution in [0, 0.1) is 5.41 Å². The molecule has 0 bridgehead atoms. The van der Waals surface area contributed by atoms with Crippen molar-refractivity contribution < 1.29 is 9.59 Å². The van der Waals surface area contributed by atoms with Crippen LogP contribution in [0.15, 0.2) is 0 Å². The van der Waals surface area contributed by atoms with Crippen molar-refractivity contribution in [1.82, 2.24) is 0 Å². The fraction of sp³-hybridized carbons (Fsp3) is 0.857. The number of ketones is 2. The molecule has 0 amide bonds. The van der Waals surface area contributed by atoms with Crippen LogP contribution in [0.5, 0.6) is 0 Å². The van der Waals surface area contributed by atoms with E-state index < -0.39 is 5.41 Å². The third-order valence-electron chi connectivity index (χ3n) is 3.85. The van der Waals surface area contributed by atoms with Crippen molar-refractivity contribution in [3.63, 3.8) is 0 Å². The van der Waals surface area contributed by atoms with Gasteiger partial charge in [-0.05, 0) is 19.3 Å². The fourth-order valence-electron chi connectivity index (χ4n) is 2.80. The van der Waals surface area contributed by atoms with E-state index in [1.165, 1.54) is 0 Å². The molecule has 1 atom stereocenters. The van der Waals surface area contributed by atoms with Gasteiger partial charge in [0.25, 0.3) is 0 Å². The summed E-state index contributed by atoms with van der Waals surface area (Å²) in [6, 6.07) is 0. The second-order valence-corrected chi connectivity index (χ2v) is 4.95. The molecule has 1 saturated carbocycles. The zero-order chi connectivity index (χ0) is 12.0. The lowest BCUT2D eigenvalue weighted by atomic mass is 9.66. The van der Waals surface area contributed by atoms with Crippen molar-refractivity contribution in [2.24, 2.45) is 5.41 Å². The van der Waals surface area contributed by atoms with E-state index in [0.717, 1.165) is 44.9 Å². The third-order valence-corrected chi connectivity index (χ3v) is 3.85. The molecular formula is C14H24O2. The average Bonchev–Trinajstić information content (AvgIpc) is 2.31. The van der Waals surface area contributed by atoms with Gasteiger partial charge in [0.05, 0.1) is 5.41 Å². The van der Waals surface area contributed by atoms with E-state index in [1.807, 2.05) is 6.92 Å². The molecule has 0 aromatic carbocycles. The summed E-state index contributed by atoms with van der Waals surface area (Å²) in [6.45, 7) is 4.03. The average molecular weight is 224 g/mol. The molecule has 1 rings (SSSR count). The van der Waals surface area contributed by atoms with Crippen LogP contribution in [0.1, 0.15) is 71.6 Å². The highest BCUT2D eigenvalue weighted by Crippen LogP contribution is 2.39. The van der Waals surface area contributed by atoms with Gasteiger partial charge in [0.2, 0.25) is 0 Å². The number of carbonyl (C=O) groups excluding carboxylic acids is 2. The van der Waals surface area contributed by atoms with E-state index in [9.17, 15) is 9.59 Å². The largest absolute Gasteiger partial charge is 0.299 e. The molecule has 0 N–H and O–H groups in total. The van der Waals surface area contributed by atoms with Crippen molar-refractivity contribution in [3.05, 3.63) is 0 Å². The lowest BCUT2D eigenvalue weighted by molar-refractivity contribution is -0.143. The first-order valence-electron chi connectivity index (χ1n) is 6.74. The van der Waals surface area contributed by atoms with Gasteiger partial charge in [-0.1, -0.05) is 39.5 Å². The van der Waals surface area contributed by atoms with Crippen molar-refractivity contribution >= 4 is 11.6 Å². The van der Waals surface area contributed by atoms with Crippen LogP contribution < -0.4 is 0 Å². The molecule has 0 saturated heterocycles. The number of unbranched alkanes of at least 4 members (excludes halogenated alkanes) is 2. The fourth-order valence-corrected chi connectivity index (χ4v) is 2.80. The summed E-state index contributed by atoms with van der Waals surface area (Å²) >= 11 is 0. The highest BCUT2D eigenvalue weighted by atomic mass is 16.2. The van der Waals surface area contributed by atoms with Crippen molar-refractivity contribution in [2.45, 2.75) is 71.6 Å². The maximum atomic E-state index is 12.1. The smallest absolute Gasteiger partial charge is 0.146 e. The van der Waals surface area contributed by atoms with Gasteiger partial charge in [-0.25, -0.2) is 0 Å². The summed E-state index contributed by atoms with van der Waals surface area (Å²) in [7, 11) is 0. The Kier molecular flexibility index (Phi) is 5.17. The molecule has 1 fully saturated rings. The molecule has 0 radical (unpaired) electrons. The highest BCUT2D eigenvalue weighted by molar-refractivity contribution is 6.07. The molecule has 0 aromatic rings. The van der Waals surface area contributed by atoms with Crippen molar-refractivity contribution in [3.8, 4) is 0 Å². The summed E-state index contributed by atoms with van der Waals surface area (Å²) in [6.07, 6.45) is 8.06. The van der Waals surface area contributed by atoms with E-state index in [4.69, 9.17) is 0 Å². The molecule has 0 aliphatic heterocycles. The van der Waals surface area contributed by atoms with Crippen LogP contribution in [0.2, 0.25) is 0 Å². The maximum absolute atomic E-state index is 12.1. The zero-order valence-corrected chi connectivity index (χ0v) is 10.7. The Hall–Kier alpha value is -0.660. The van der Waals surface area contributed by atoms with Gasteiger partial charge in [0.15, 0.2) is 0 Å². The first-order valence-corrected chi connectivity index (χ1v) is 6.74. The number of hydrogen-bond acceptors (Lipinski definition) is 2. The second-order valence-electron chi connectivity index (χ2n) is 4.95. The predicted molar refractivity (Wildman–Crippen MR) is 65.3 cm³/mol. The normalized spacial score (nSPS) is 25.8. The zero-order valence-electron chi connectivity index (χ0n) is 10.7. The minimum absolute atomic E-state index is 0.188. The molecule has 2 nitrogen and oxygen atoms in total. The maximum Gasteiger partial charge on any atom is 0.146 e. The Bertz CT molecular complexity index is 247. The minimum Gasteiger partial charge on any atom is -0.299 e. The Balaban J connectivity index is 2.74. The van der Waals surface area contributed by atoms with Crippen molar-refractivity contribution in [2.75, 3.05) is 0 Å². The lowest BCUT2D eigenvalue weighted by Crippen LogP contribution is -2.41. The number of Topliss-reactive ketones (excluding diaryl/α,β-unsaturated/α-hetero) is 2. The van der Waals surface area contributed by atoms with E-state index in [0.29, 0.717) is 12.8 Å². The van der Waals surface area contributed by atoms with E-state index in [-0.39, 0.29) is 11.6 Å². The predicted octanol–water partition coefficient (Wildman–Crippen LogP) is 3.68. The second kappa shape index (κ2) is 6.17. The van der Waals surface area contributed by atoms with Crippen LogP contribution >= 0.6 is 0 Å². The summed E-state index contributed by atoms with van der Waals surface area (Å²) in [5.41, 5.74) is -0.581. The van der Waals surface area contributed by atoms with Gasteiger partial charge in [0, 0.05) is 12.8 Å². The molecule has 92 valence electrons. The van der Waals surface area contributed by atoms with E-state index >= 15 is 0 Å². The molecule has 16 heavy (non-hydrogen) atoms. The van der Waals surface area contributed by atoms with Gasteiger partial charge >= 0.3 is 0 Å². The van der Waals surface area contributed by atoms with Gasteiger partial charge in [-0.15, -0.1) is 0 Å². The number of hydrogen-bond donors (Lipinski definition) is 0. The third kappa shape index (κ3) is 2.72. The SMILES string of the molecule is CCCCCC1(C(=O)CC)CCCCC1=O. The monoisotopic (exact) mass is 224 g/mol. The van der Waals surface area contributed by atoms with Crippen LogP contribution in [0.25, 0.3) is 0 Å². The van der Waals surface area contributed by atoms with E-state index in [2.05, 4.69) is 6.92 Å². The number of carbonyl (C=O) groups is 2. The molecule has 0 heterocycles. The molecule has 1 aliphatic carbocycles. The minimum atomic E-state index is -0.581. The molecule has 1 aliphatic rings. The van der Waals surface area contributed by atoms with Crippen LogP contribution in [0.3, 0.4) is 0 Å². The topological polar surface area (TPSA) is 34.1 Å². The highest BCUT2D eigenvalue weighted by Gasteiger charge is 2.44. The van der Waals surface area contributed by atoms with Gasteiger partial charge in [0.1, 0.15) is 11.6 Å². The Labute approximate surface area is 98.8 Å². The molecule has 0 spiro atoms. The van der Waals surface area contributed by atoms with Crippen LogP contribution in [0.4, 0.5) is 0 Å². The van der Waals surface area contributed by atoms with Crippen LogP contribution in [-0.4, -0.2) is 11.6 Å². The quantitative estimate of drug-likeness (QED) is 0.509. The van der Waals surface area contributed by atoms with Gasteiger partial charge < -0.3 is 0 Å². The summed E-state index contributed by atoms with van der Waals surface area (Å²) in [4.78, 5) is 24.2. The summed E-state index contributed by atoms with van der Waals surface area (Å²) in [5.74, 6) is 0.412. The van der Waals surface area contributed by atoms with Crippen molar-refractivity contribution in [1.29, 1.82) is 0 Å². The Morgan fingerprint density at radius 3 is 2.56 bits per heavy atom. The van der Waals surface area contributed by atoms with Crippen LogP contribution in [-0.2, 0) is 9.59 Å².